The number of aliphatic carboxylic acids is 1. The molecule has 0 aromatic carbocycles. The number of ether oxygens (including phenoxy) is 4. The van der Waals surface area contributed by atoms with Crippen molar-refractivity contribution in [2.45, 2.75) is 166 Å². The van der Waals surface area contributed by atoms with Crippen molar-refractivity contribution >= 4 is 5.97 Å². The van der Waals surface area contributed by atoms with E-state index in [-0.39, 0.29) is 54.9 Å². The third-order valence-corrected chi connectivity index (χ3v) is 10.9. The van der Waals surface area contributed by atoms with Crippen LogP contribution in [0.5, 0.6) is 0 Å². The van der Waals surface area contributed by atoms with E-state index in [1.54, 1.807) is 41.1 Å². The van der Waals surface area contributed by atoms with Gasteiger partial charge in [-0.2, -0.15) is 0 Å². The lowest BCUT2D eigenvalue weighted by Crippen LogP contribution is -2.43. The summed E-state index contributed by atoms with van der Waals surface area (Å²) in [6, 6.07) is 0. The van der Waals surface area contributed by atoms with Crippen molar-refractivity contribution in [2.24, 2.45) is 23.7 Å². The fourth-order valence-electron chi connectivity index (χ4n) is 7.31. The summed E-state index contributed by atoms with van der Waals surface area (Å²) >= 11 is 0. The number of carbonyl (C=O) groups is 1. The van der Waals surface area contributed by atoms with Gasteiger partial charge in [0.1, 0.15) is 0 Å². The number of rotatable bonds is 22. The van der Waals surface area contributed by atoms with Crippen LogP contribution in [-0.4, -0.2) is 118 Å². The predicted octanol–water partition coefficient (Wildman–Crippen LogP) is 4.57. The molecule has 0 radical (unpaired) electrons. The SMILES string of the molecule is CO[C@H]1C[C@H](CC[C@H](C)[C@H](O)[C@H](C)[C@@H](O)[C@@H](C)[C@H](O)C[C@H](O)[C@@H](C)[C@@H](C[C@@H]2CC=C[C@@H](C[C@@H](O)C/C=C(C)/C=C/C(=O)O)O2)OC)O[C@@H](C)C1. The molecule has 0 aliphatic carbocycles. The Bertz CT molecular complexity index is 1060. The molecule has 2 rings (SSSR count). The van der Waals surface area contributed by atoms with E-state index in [9.17, 15) is 30.3 Å². The van der Waals surface area contributed by atoms with Gasteiger partial charge >= 0.3 is 5.97 Å². The first kappa shape index (κ1) is 44.5. The Labute approximate surface area is 300 Å². The summed E-state index contributed by atoms with van der Waals surface area (Å²) in [5.41, 5.74) is 0.753. The minimum atomic E-state index is -1.02. The van der Waals surface area contributed by atoms with E-state index in [0.29, 0.717) is 25.7 Å². The number of methoxy groups -OCH3 is 2. The number of aliphatic hydroxyl groups is 5. The molecule has 2 aliphatic rings. The zero-order chi connectivity index (χ0) is 37.5. The summed E-state index contributed by atoms with van der Waals surface area (Å²) in [6.45, 7) is 11.2. The van der Waals surface area contributed by atoms with E-state index >= 15 is 0 Å². The summed E-state index contributed by atoms with van der Waals surface area (Å²) in [4.78, 5) is 10.7. The van der Waals surface area contributed by atoms with E-state index < -0.39 is 48.3 Å². The lowest BCUT2D eigenvalue weighted by Gasteiger charge is -2.37. The second kappa shape index (κ2) is 22.4. The largest absolute Gasteiger partial charge is 0.478 e. The van der Waals surface area contributed by atoms with Crippen LogP contribution in [0.1, 0.15) is 99.3 Å². The predicted molar refractivity (Wildman–Crippen MR) is 193 cm³/mol. The highest BCUT2D eigenvalue weighted by Gasteiger charge is 2.37. The Morgan fingerprint density at radius 1 is 0.900 bits per heavy atom. The molecule has 15 atom stereocenters. The van der Waals surface area contributed by atoms with Crippen LogP contribution in [0.2, 0.25) is 0 Å². The van der Waals surface area contributed by atoms with Crippen LogP contribution in [0.4, 0.5) is 0 Å². The van der Waals surface area contributed by atoms with Gasteiger partial charge in [0.25, 0.3) is 0 Å². The maximum absolute atomic E-state index is 11.2. The maximum atomic E-state index is 11.2. The van der Waals surface area contributed by atoms with Crippen molar-refractivity contribution < 1.29 is 54.4 Å². The maximum Gasteiger partial charge on any atom is 0.328 e. The smallest absolute Gasteiger partial charge is 0.328 e. The van der Waals surface area contributed by atoms with Crippen molar-refractivity contribution in [1.82, 2.24) is 0 Å². The Morgan fingerprint density at radius 2 is 1.58 bits per heavy atom. The van der Waals surface area contributed by atoms with Gasteiger partial charge in [0.05, 0.1) is 67.1 Å². The van der Waals surface area contributed by atoms with Crippen molar-refractivity contribution in [3.8, 4) is 0 Å². The standard InChI is InChI=1S/C39H68O11/c1-23(13-17-37(43)44)12-15-29(40)19-30-10-9-11-31(50-30)21-36(48-8)26(4)34(41)22-35(42)27(5)39(46)28(6)38(45)24(2)14-16-32-20-33(47-7)18-25(3)49-32/h9-10,12-13,17,24-36,38-42,45-46H,11,14-16,18-22H2,1-8H3,(H,43,44)/b17-13+,23-12+/t24-,25-,26+,27-,28-,29-,30-,31-,32-,33+,34-,35+,36+,38-,39-/m0/s1. The third kappa shape index (κ3) is 15.1. The zero-order valence-corrected chi connectivity index (χ0v) is 31.6. The normalized spacial score (nSPS) is 29.5. The molecule has 0 unspecified atom stereocenters. The van der Waals surface area contributed by atoms with E-state index in [4.69, 9.17) is 24.1 Å². The molecule has 0 saturated carbocycles. The zero-order valence-electron chi connectivity index (χ0n) is 31.6. The molecule has 11 heteroatoms. The summed E-state index contributed by atoms with van der Waals surface area (Å²) in [5.74, 6) is -2.50. The van der Waals surface area contributed by atoms with E-state index in [1.165, 1.54) is 6.08 Å². The molecule has 290 valence electrons. The molecule has 1 fully saturated rings. The molecule has 0 amide bonds. The number of allylic oxidation sites excluding steroid dienone is 2. The molecule has 0 bridgehead atoms. The van der Waals surface area contributed by atoms with Gasteiger partial charge in [-0.15, -0.1) is 0 Å². The average molecular weight is 713 g/mol. The number of carboxylic acids is 1. The van der Waals surface area contributed by atoms with Crippen LogP contribution in [-0.2, 0) is 23.7 Å². The quantitative estimate of drug-likeness (QED) is 0.0527. The lowest BCUT2D eigenvalue weighted by molar-refractivity contribution is -0.131. The van der Waals surface area contributed by atoms with Crippen LogP contribution in [0.15, 0.2) is 36.0 Å². The van der Waals surface area contributed by atoms with Crippen molar-refractivity contribution in [2.75, 3.05) is 14.2 Å². The molecule has 0 aromatic rings. The highest BCUT2D eigenvalue weighted by atomic mass is 16.5. The van der Waals surface area contributed by atoms with E-state index in [0.717, 1.165) is 37.3 Å². The van der Waals surface area contributed by atoms with Gasteiger partial charge in [0, 0.05) is 50.9 Å². The van der Waals surface area contributed by atoms with Crippen LogP contribution in [0.25, 0.3) is 0 Å². The van der Waals surface area contributed by atoms with Crippen molar-refractivity contribution in [3.63, 3.8) is 0 Å². The Kier molecular flexibility index (Phi) is 19.9. The van der Waals surface area contributed by atoms with Crippen LogP contribution in [0.3, 0.4) is 0 Å². The number of aliphatic hydroxyl groups excluding tert-OH is 5. The summed E-state index contributed by atoms with van der Waals surface area (Å²) < 4.78 is 23.7. The Balaban J connectivity index is 1.84. The fraction of sp³-hybridized carbons (Fsp3) is 0.821. The monoisotopic (exact) mass is 712 g/mol. The first-order valence-electron chi connectivity index (χ1n) is 18.6. The number of carboxylic acid groups (broad SMARTS) is 1. The van der Waals surface area contributed by atoms with Crippen LogP contribution >= 0.6 is 0 Å². The topological polar surface area (TPSA) is 175 Å². The molecule has 50 heavy (non-hydrogen) atoms. The second-order valence-corrected chi connectivity index (χ2v) is 15.1. The summed E-state index contributed by atoms with van der Waals surface area (Å²) in [7, 11) is 3.32. The molecule has 0 spiro atoms. The minimum Gasteiger partial charge on any atom is -0.478 e. The average Bonchev–Trinajstić information content (AvgIpc) is 3.09. The van der Waals surface area contributed by atoms with Gasteiger partial charge < -0.3 is 49.6 Å². The van der Waals surface area contributed by atoms with Gasteiger partial charge in [-0.05, 0) is 64.7 Å². The summed E-state index contributed by atoms with van der Waals surface area (Å²) in [6.07, 6.45) is 8.81. The fourth-order valence-corrected chi connectivity index (χ4v) is 7.31. The molecule has 2 aliphatic heterocycles. The van der Waals surface area contributed by atoms with Crippen LogP contribution in [0, 0.1) is 23.7 Å². The molecule has 1 saturated heterocycles. The molecule has 0 aromatic heterocycles. The van der Waals surface area contributed by atoms with Crippen molar-refractivity contribution in [3.05, 3.63) is 36.0 Å². The van der Waals surface area contributed by atoms with Gasteiger partial charge in [0.2, 0.25) is 0 Å². The second-order valence-electron chi connectivity index (χ2n) is 15.1. The van der Waals surface area contributed by atoms with Gasteiger partial charge in [-0.25, -0.2) is 4.79 Å². The van der Waals surface area contributed by atoms with Crippen LogP contribution < -0.4 is 0 Å². The highest BCUT2D eigenvalue weighted by molar-refractivity contribution is 5.80. The molecular weight excluding hydrogens is 644 g/mol. The number of hydrogen-bond donors (Lipinski definition) is 6. The molecule has 2 heterocycles. The Morgan fingerprint density at radius 3 is 2.22 bits per heavy atom. The van der Waals surface area contributed by atoms with Gasteiger partial charge in [-0.3, -0.25) is 0 Å². The molecule has 11 nitrogen and oxygen atoms in total. The van der Waals surface area contributed by atoms with Gasteiger partial charge in [-0.1, -0.05) is 57.6 Å². The minimum absolute atomic E-state index is 0.0460. The highest BCUT2D eigenvalue weighted by Crippen LogP contribution is 2.31. The lowest BCUT2D eigenvalue weighted by atomic mass is 9.79. The Hall–Kier alpha value is -1.67. The number of hydrogen-bond acceptors (Lipinski definition) is 10. The first-order valence-corrected chi connectivity index (χ1v) is 18.6. The van der Waals surface area contributed by atoms with E-state index in [2.05, 4.69) is 6.92 Å². The summed E-state index contributed by atoms with van der Waals surface area (Å²) in [5, 5.41) is 63.8. The first-order chi connectivity index (χ1) is 23.6. The third-order valence-electron chi connectivity index (χ3n) is 10.9. The van der Waals surface area contributed by atoms with Crippen molar-refractivity contribution in [1.29, 1.82) is 0 Å². The molecule has 6 N–H and O–H groups in total. The van der Waals surface area contributed by atoms with E-state index in [1.807, 2.05) is 26.0 Å². The van der Waals surface area contributed by atoms with Gasteiger partial charge in [0.15, 0.2) is 0 Å². The molecular formula is C39H68O11.